The van der Waals surface area contributed by atoms with Crippen LogP contribution in [0.15, 0.2) is 24.7 Å². The SMILES string of the molecule is COc1cnc(Nc2ccn(C)n2)nc1. The highest BCUT2D eigenvalue weighted by Gasteiger charge is 2.00. The minimum Gasteiger partial charge on any atom is -0.494 e. The molecular formula is C9H11N5O. The Morgan fingerprint density at radius 3 is 2.60 bits per heavy atom. The minimum atomic E-state index is 0.495. The molecular weight excluding hydrogens is 194 g/mol. The molecule has 0 saturated carbocycles. The summed E-state index contributed by atoms with van der Waals surface area (Å²) >= 11 is 0. The molecule has 2 rings (SSSR count). The number of hydrogen-bond acceptors (Lipinski definition) is 5. The first-order valence-corrected chi connectivity index (χ1v) is 4.40. The first-order chi connectivity index (χ1) is 7.28. The fourth-order valence-electron chi connectivity index (χ4n) is 1.08. The molecule has 0 aromatic carbocycles. The zero-order chi connectivity index (χ0) is 10.7. The van der Waals surface area contributed by atoms with Gasteiger partial charge in [-0.2, -0.15) is 5.10 Å². The molecule has 2 aromatic rings. The first kappa shape index (κ1) is 9.45. The van der Waals surface area contributed by atoms with Crippen molar-refractivity contribution < 1.29 is 4.74 Å². The standard InChI is InChI=1S/C9H11N5O/c1-14-4-3-8(13-14)12-9-10-5-7(15-2)6-11-9/h3-6H,1-2H3,(H,10,11,12,13). The van der Waals surface area contributed by atoms with Crippen molar-refractivity contribution in [1.82, 2.24) is 19.7 Å². The molecule has 0 fully saturated rings. The third-order valence-corrected chi connectivity index (χ3v) is 1.82. The Kier molecular flexibility index (Phi) is 2.49. The van der Waals surface area contributed by atoms with E-state index in [4.69, 9.17) is 4.74 Å². The average molecular weight is 205 g/mol. The fraction of sp³-hybridized carbons (Fsp3) is 0.222. The summed E-state index contributed by atoms with van der Waals surface area (Å²) < 4.78 is 6.65. The van der Waals surface area contributed by atoms with Gasteiger partial charge in [0.1, 0.15) is 0 Å². The highest BCUT2D eigenvalue weighted by atomic mass is 16.5. The molecule has 2 aromatic heterocycles. The molecule has 0 radical (unpaired) electrons. The number of aryl methyl sites for hydroxylation is 1. The van der Waals surface area contributed by atoms with Crippen LogP contribution in [0.4, 0.5) is 11.8 Å². The molecule has 0 saturated heterocycles. The molecule has 78 valence electrons. The molecule has 0 unspecified atom stereocenters. The number of aromatic nitrogens is 4. The molecule has 0 aliphatic heterocycles. The van der Waals surface area contributed by atoms with E-state index in [0.717, 1.165) is 0 Å². The molecule has 0 spiro atoms. The van der Waals surface area contributed by atoms with Crippen LogP contribution in [0, 0.1) is 0 Å². The Bertz CT molecular complexity index is 436. The fourth-order valence-corrected chi connectivity index (χ4v) is 1.08. The van der Waals surface area contributed by atoms with E-state index < -0.39 is 0 Å². The van der Waals surface area contributed by atoms with E-state index in [0.29, 0.717) is 17.5 Å². The lowest BCUT2D eigenvalue weighted by molar-refractivity contribution is 0.411. The second-order valence-corrected chi connectivity index (χ2v) is 2.95. The van der Waals surface area contributed by atoms with Crippen LogP contribution in [0.2, 0.25) is 0 Å². The number of rotatable bonds is 3. The molecule has 6 nitrogen and oxygen atoms in total. The second kappa shape index (κ2) is 3.95. The third kappa shape index (κ3) is 2.22. The summed E-state index contributed by atoms with van der Waals surface area (Å²) in [5, 5.41) is 7.11. The maximum Gasteiger partial charge on any atom is 0.228 e. The largest absolute Gasteiger partial charge is 0.494 e. The topological polar surface area (TPSA) is 64.9 Å². The number of nitrogens with zero attached hydrogens (tertiary/aromatic N) is 4. The van der Waals surface area contributed by atoms with Crippen molar-refractivity contribution in [3.8, 4) is 5.75 Å². The summed E-state index contributed by atoms with van der Waals surface area (Å²) in [5.74, 6) is 1.83. The van der Waals surface area contributed by atoms with Gasteiger partial charge < -0.3 is 10.1 Å². The van der Waals surface area contributed by atoms with Crippen LogP contribution in [0.3, 0.4) is 0 Å². The average Bonchev–Trinajstić information content (AvgIpc) is 2.65. The predicted molar refractivity (Wildman–Crippen MR) is 55.1 cm³/mol. The summed E-state index contributed by atoms with van der Waals surface area (Å²) in [6.07, 6.45) is 5.03. The van der Waals surface area contributed by atoms with Gasteiger partial charge in [-0.3, -0.25) is 4.68 Å². The van der Waals surface area contributed by atoms with E-state index in [-0.39, 0.29) is 0 Å². The van der Waals surface area contributed by atoms with E-state index in [1.807, 2.05) is 19.3 Å². The molecule has 6 heteroatoms. The van der Waals surface area contributed by atoms with Crippen molar-refractivity contribution in [2.24, 2.45) is 7.05 Å². The highest BCUT2D eigenvalue weighted by molar-refractivity contribution is 5.46. The Morgan fingerprint density at radius 1 is 1.33 bits per heavy atom. The van der Waals surface area contributed by atoms with Crippen LogP contribution >= 0.6 is 0 Å². The van der Waals surface area contributed by atoms with Crippen molar-refractivity contribution in [1.29, 1.82) is 0 Å². The van der Waals surface area contributed by atoms with Crippen LogP contribution in [0.5, 0.6) is 5.75 Å². The molecule has 2 heterocycles. The zero-order valence-electron chi connectivity index (χ0n) is 8.51. The molecule has 1 N–H and O–H groups in total. The quantitative estimate of drug-likeness (QED) is 0.808. The number of anilines is 2. The van der Waals surface area contributed by atoms with Crippen molar-refractivity contribution in [3.05, 3.63) is 24.7 Å². The monoisotopic (exact) mass is 205 g/mol. The normalized spacial score (nSPS) is 10.0. The van der Waals surface area contributed by atoms with Crippen LogP contribution < -0.4 is 10.1 Å². The third-order valence-electron chi connectivity index (χ3n) is 1.82. The molecule has 0 aliphatic rings. The van der Waals surface area contributed by atoms with Gasteiger partial charge in [-0.25, -0.2) is 9.97 Å². The number of nitrogens with one attached hydrogen (secondary N) is 1. The Morgan fingerprint density at radius 2 is 2.07 bits per heavy atom. The van der Waals surface area contributed by atoms with Gasteiger partial charge in [-0.05, 0) is 0 Å². The molecule has 15 heavy (non-hydrogen) atoms. The summed E-state index contributed by atoms with van der Waals surface area (Å²) in [7, 11) is 3.42. The lowest BCUT2D eigenvalue weighted by Gasteiger charge is -2.01. The van der Waals surface area contributed by atoms with E-state index in [1.54, 1.807) is 24.2 Å². The first-order valence-electron chi connectivity index (χ1n) is 4.40. The predicted octanol–water partition coefficient (Wildman–Crippen LogP) is 0.962. The Balaban J connectivity index is 2.11. The smallest absolute Gasteiger partial charge is 0.228 e. The van der Waals surface area contributed by atoms with E-state index in [2.05, 4.69) is 20.4 Å². The second-order valence-electron chi connectivity index (χ2n) is 2.95. The van der Waals surface area contributed by atoms with Gasteiger partial charge in [0.15, 0.2) is 11.6 Å². The maximum absolute atomic E-state index is 4.95. The molecule has 0 atom stereocenters. The van der Waals surface area contributed by atoms with Gasteiger partial charge in [0.25, 0.3) is 0 Å². The van der Waals surface area contributed by atoms with Crippen LogP contribution in [0.25, 0.3) is 0 Å². The highest BCUT2D eigenvalue weighted by Crippen LogP contribution is 2.11. The van der Waals surface area contributed by atoms with E-state index in [9.17, 15) is 0 Å². The lowest BCUT2D eigenvalue weighted by Crippen LogP contribution is -1.98. The van der Waals surface area contributed by atoms with Crippen molar-refractivity contribution in [3.63, 3.8) is 0 Å². The van der Waals surface area contributed by atoms with E-state index in [1.165, 1.54) is 0 Å². The van der Waals surface area contributed by atoms with Gasteiger partial charge >= 0.3 is 0 Å². The summed E-state index contributed by atoms with van der Waals surface area (Å²) in [6.45, 7) is 0. The Labute approximate surface area is 86.9 Å². The summed E-state index contributed by atoms with van der Waals surface area (Å²) in [4.78, 5) is 8.12. The van der Waals surface area contributed by atoms with Crippen LogP contribution in [-0.4, -0.2) is 26.9 Å². The van der Waals surface area contributed by atoms with Crippen LogP contribution in [-0.2, 0) is 7.05 Å². The molecule has 0 amide bonds. The zero-order valence-corrected chi connectivity index (χ0v) is 8.51. The lowest BCUT2D eigenvalue weighted by atomic mass is 10.6. The minimum absolute atomic E-state index is 0.495. The molecule has 0 bridgehead atoms. The number of ether oxygens (including phenoxy) is 1. The van der Waals surface area contributed by atoms with Gasteiger partial charge in [0, 0.05) is 19.3 Å². The van der Waals surface area contributed by atoms with Gasteiger partial charge in [-0.15, -0.1) is 0 Å². The van der Waals surface area contributed by atoms with E-state index >= 15 is 0 Å². The van der Waals surface area contributed by atoms with Gasteiger partial charge in [0.05, 0.1) is 19.5 Å². The van der Waals surface area contributed by atoms with Crippen molar-refractivity contribution >= 4 is 11.8 Å². The Hall–Kier alpha value is -2.11. The molecule has 0 aliphatic carbocycles. The van der Waals surface area contributed by atoms with Gasteiger partial charge in [-0.1, -0.05) is 0 Å². The maximum atomic E-state index is 4.95. The van der Waals surface area contributed by atoms with Crippen molar-refractivity contribution in [2.75, 3.05) is 12.4 Å². The summed E-state index contributed by atoms with van der Waals surface area (Å²) in [5.41, 5.74) is 0. The van der Waals surface area contributed by atoms with Crippen molar-refractivity contribution in [2.45, 2.75) is 0 Å². The number of methoxy groups -OCH3 is 1. The van der Waals surface area contributed by atoms with Crippen LogP contribution in [0.1, 0.15) is 0 Å². The van der Waals surface area contributed by atoms with Gasteiger partial charge in [0.2, 0.25) is 5.95 Å². The number of hydrogen-bond donors (Lipinski definition) is 1. The summed E-state index contributed by atoms with van der Waals surface area (Å²) in [6, 6.07) is 1.84.